The van der Waals surface area contributed by atoms with Crippen LogP contribution < -0.4 is 0 Å². The molecule has 0 spiro atoms. The predicted molar refractivity (Wildman–Crippen MR) is 208 cm³/mol. The first-order valence-electron chi connectivity index (χ1n) is 18.4. The van der Waals surface area contributed by atoms with Gasteiger partial charge in [0.1, 0.15) is 36.9 Å². The maximum absolute atomic E-state index is 13.3. The number of aromatic nitrogens is 2. The second kappa shape index (κ2) is 20.2. The smallest absolute Gasteiger partial charge is 0.360 e. The first kappa shape index (κ1) is 42.9. The highest BCUT2D eigenvalue weighted by Gasteiger charge is 2.40. The van der Waals surface area contributed by atoms with Crippen LogP contribution in [0.1, 0.15) is 87.1 Å². The van der Waals surface area contributed by atoms with Crippen molar-refractivity contribution >= 4 is 18.0 Å². The molecule has 7 unspecified atom stereocenters. The number of ether oxygens (including phenoxy) is 4. The molecule has 1 fully saturated rings. The average Bonchev–Trinajstić information content (AvgIpc) is 3.47. The number of nitrogens with zero attached hydrogens (tertiary/aromatic N) is 2. The number of esters is 2. The first-order chi connectivity index (χ1) is 26.3. The van der Waals surface area contributed by atoms with E-state index in [9.17, 15) is 19.8 Å². The van der Waals surface area contributed by atoms with E-state index in [1.807, 2.05) is 96.2 Å². The number of rotatable bonds is 7. The van der Waals surface area contributed by atoms with Crippen LogP contribution in [-0.4, -0.2) is 82.0 Å². The van der Waals surface area contributed by atoms with E-state index >= 15 is 0 Å². The molecule has 2 aromatic heterocycles. The highest BCUT2D eigenvalue weighted by atomic mass is 16.6. The number of epoxide rings is 1. The molecule has 296 valence electrons. The van der Waals surface area contributed by atoms with Crippen molar-refractivity contribution in [1.82, 2.24) is 9.97 Å². The van der Waals surface area contributed by atoms with E-state index in [4.69, 9.17) is 27.8 Å². The van der Waals surface area contributed by atoms with E-state index in [0.29, 0.717) is 18.7 Å². The van der Waals surface area contributed by atoms with Gasteiger partial charge in [-0.05, 0) is 13.8 Å². The molecule has 55 heavy (non-hydrogen) atoms. The minimum absolute atomic E-state index is 0.00780. The largest absolute Gasteiger partial charge is 0.457 e. The lowest BCUT2D eigenvalue weighted by Gasteiger charge is -2.36. The maximum atomic E-state index is 13.3. The summed E-state index contributed by atoms with van der Waals surface area (Å²) >= 11 is 0. The van der Waals surface area contributed by atoms with Crippen LogP contribution in [0, 0.1) is 10.8 Å². The number of allylic oxidation sites excluding steroid dienone is 8. The molecule has 2 aromatic rings. The van der Waals surface area contributed by atoms with Gasteiger partial charge in [-0.25, -0.2) is 19.6 Å². The predicted octanol–water partition coefficient (Wildman–Crippen LogP) is 7.25. The van der Waals surface area contributed by atoms with E-state index in [0.717, 1.165) is 0 Å². The molecule has 0 aliphatic carbocycles. The van der Waals surface area contributed by atoms with Crippen molar-refractivity contribution in [1.29, 1.82) is 0 Å². The van der Waals surface area contributed by atoms with Gasteiger partial charge in [-0.1, -0.05) is 119 Å². The van der Waals surface area contributed by atoms with Crippen LogP contribution in [0.3, 0.4) is 0 Å². The maximum Gasteiger partial charge on any atom is 0.360 e. The van der Waals surface area contributed by atoms with E-state index in [2.05, 4.69) is 9.97 Å². The molecule has 7 atom stereocenters. The second-order valence-corrected chi connectivity index (χ2v) is 14.5. The molecule has 4 rings (SSSR count). The van der Waals surface area contributed by atoms with Gasteiger partial charge >= 0.3 is 11.9 Å². The van der Waals surface area contributed by atoms with Gasteiger partial charge in [0.2, 0.25) is 5.89 Å². The minimum atomic E-state index is -0.880. The Hall–Kier alpha value is -4.88. The number of carbonyl (C=O) groups is 2. The zero-order valence-corrected chi connectivity index (χ0v) is 32.6. The Labute approximate surface area is 323 Å². The Morgan fingerprint density at radius 1 is 0.745 bits per heavy atom. The molecule has 12 heteroatoms. The summed E-state index contributed by atoms with van der Waals surface area (Å²) in [6.07, 6.45) is 28.0. The Balaban J connectivity index is 1.58. The zero-order valence-electron chi connectivity index (χ0n) is 32.6. The Morgan fingerprint density at radius 2 is 1.31 bits per heavy atom. The Bertz CT molecular complexity index is 1800. The minimum Gasteiger partial charge on any atom is -0.457 e. The lowest BCUT2D eigenvalue weighted by Crippen LogP contribution is -2.42. The molecular weight excluding hydrogens is 704 g/mol. The molecule has 4 heterocycles. The normalized spacial score (nSPS) is 27.7. The summed E-state index contributed by atoms with van der Waals surface area (Å²) in [5, 5.41) is 21.8. The lowest BCUT2D eigenvalue weighted by molar-refractivity contribution is -0.0461. The SMILES string of the molecule is C/C=C/C(O)C(C)(C)C1C/C=C\C=C/C=CC(OC)Cc2nc(co2)C(=O)OC(C(C)(C)C(O)/C=C/C)C/C=C\C2OC2/C=C/C=C\c2nc(co2)C(=O)O1. The average molecular weight is 759 g/mol. The molecule has 2 aliphatic rings. The number of aliphatic hydroxyl groups is 2. The van der Waals surface area contributed by atoms with Gasteiger partial charge < -0.3 is 38.0 Å². The van der Waals surface area contributed by atoms with Crippen LogP contribution in [0.2, 0.25) is 0 Å². The first-order valence-corrected chi connectivity index (χ1v) is 18.4. The number of fused-ring (bicyclic) bond motifs is 5. The van der Waals surface area contributed by atoms with Gasteiger partial charge in [-0.2, -0.15) is 0 Å². The standard InChI is InChI=1S/C43H54N2O10/c1-8-18-34(46)42(3,4)36-23-14-12-10-11-13-20-29(50-7)26-39-45-31(28-52-39)41(49)55-37(43(5,6)35(47)19-9-2)24-17-22-33-32(53-33)21-15-16-25-38-44-30(27-51-38)40(48)54-36/h8-22,25,27-29,32-37,46-47H,23-24,26H2,1-7H3/b11-10-,14-12-,18-8+,19-9+,20-13?,21-15+,22-17-,25-16-. The highest BCUT2D eigenvalue weighted by Crippen LogP contribution is 2.34. The fraction of sp³-hybridized carbons (Fsp3) is 0.442. The van der Waals surface area contributed by atoms with Crippen LogP contribution in [0.5, 0.6) is 0 Å². The molecule has 1 saturated heterocycles. The Morgan fingerprint density at radius 3 is 1.95 bits per heavy atom. The number of hydrogen-bond donors (Lipinski definition) is 2. The third-order valence-corrected chi connectivity index (χ3v) is 9.64. The van der Waals surface area contributed by atoms with Gasteiger partial charge in [0.15, 0.2) is 17.3 Å². The van der Waals surface area contributed by atoms with Gasteiger partial charge in [-0.15, -0.1) is 0 Å². The number of aliphatic hydroxyl groups excluding tert-OH is 2. The molecule has 4 bridgehead atoms. The van der Waals surface area contributed by atoms with Crippen molar-refractivity contribution in [3.05, 3.63) is 127 Å². The third-order valence-electron chi connectivity index (χ3n) is 9.64. The van der Waals surface area contributed by atoms with E-state index in [1.54, 1.807) is 49.6 Å². The Kier molecular flexibility index (Phi) is 15.7. The van der Waals surface area contributed by atoms with Gasteiger partial charge in [0.25, 0.3) is 0 Å². The molecular formula is C43H54N2O10. The van der Waals surface area contributed by atoms with Crippen LogP contribution in [0.4, 0.5) is 0 Å². The number of carbonyl (C=O) groups excluding carboxylic acids is 2. The molecule has 2 N–H and O–H groups in total. The van der Waals surface area contributed by atoms with E-state index in [1.165, 1.54) is 12.5 Å². The van der Waals surface area contributed by atoms with E-state index < -0.39 is 53.3 Å². The molecule has 2 aliphatic heterocycles. The van der Waals surface area contributed by atoms with Gasteiger partial charge in [-0.3, -0.25) is 0 Å². The van der Waals surface area contributed by atoms with Crippen molar-refractivity contribution in [3.8, 4) is 0 Å². The van der Waals surface area contributed by atoms with Crippen LogP contribution in [0.15, 0.2) is 113 Å². The highest BCUT2D eigenvalue weighted by molar-refractivity contribution is 5.87. The fourth-order valence-electron chi connectivity index (χ4n) is 5.68. The van der Waals surface area contributed by atoms with Crippen LogP contribution >= 0.6 is 0 Å². The summed E-state index contributed by atoms with van der Waals surface area (Å²) in [6, 6.07) is 0. The molecule has 0 radical (unpaired) electrons. The monoisotopic (exact) mass is 758 g/mol. The molecule has 0 aromatic carbocycles. The van der Waals surface area contributed by atoms with E-state index in [-0.39, 0.29) is 35.9 Å². The summed E-state index contributed by atoms with van der Waals surface area (Å²) < 4.78 is 34.3. The van der Waals surface area contributed by atoms with Crippen molar-refractivity contribution in [2.75, 3.05) is 7.11 Å². The molecule has 0 saturated carbocycles. The van der Waals surface area contributed by atoms with Gasteiger partial charge in [0.05, 0.1) is 24.7 Å². The quantitative estimate of drug-likeness (QED) is 0.165. The number of hydrogen-bond acceptors (Lipinski definition) is 12. The number of oxazole rings is 2. The summed E-state index contributed by atoms with van der Waals surface area (Å²) in [5.41, 5.74) is -1.66. The number of methoxy groups -OCH3 is 1. The summed E-state index contributed by atoms with van der Waals surface area (Å²) in [5.74, 6) is -0.828. The lowest BCUT2D eigenvalue weighted by atomic mass is 9.79. The van der Waals surface area contributed by atoms with Crippen LogP contribution in [0.25, 0.3) is 6.08 Å². The topological polar surface area (TPSA) is 167 Å². The van der Waals surface area contributed by atoms with Crippen molar-refractivity contribution in [3.63, 3.8) is 0 Å². The van der Waals surface area contributed by atoms with Crippen molar-refractivity contribution in [2.24, 2.45) is 10.8 Å². The molecule has 12 nitrogen and oxygen atoms in total. The summed E-state index contributed by atoms with van der Waals surface area (Å²) in [4.78, 5) is 35.2. The fourth-order valence-corrected chi connectivity index (χ4v) is 5.68. The second-order valence-electron chi connectivity index (χ2n) is 14.5. The zero-order chi connectivity index (χ0) is 40.0. The third kappa shape index (κ3) is 12.3. The van der Waals surface area contributed by atoms with Crippen molar-refractivity contribution in [2.45, 2.75) is 104 Å². The van der Waals surface area contributed by atoms with Crippen molar-refractivity contribution < 1.29 is 47.6 Å². The number of cyclic esters (lactones) is 2. The molecule has 0 amide bonds. The van der Waals surface area contributed by atoms with Crippen LogP contribution in [-0.2, 0) is 25.4 Å². The summed E-state index contributed by atoms with van der Waals surface area (Å²) in [6.45, 7) is 11.0. The summed E-state index contributed by atoms with van der Waals surface area (Å²) in [7, 11) is 1.56. The van der Waals surface area contributed by atoms with Gasteiger partial charge in [0, 0.05) is 36.9 Å².